The first kappa shape index (κ1) is 19.9. The second-order valence-electron chi connectivity index (χ2n) is 5.99. The van der Waals surface area contributed by atoms with Crippen LogP contribution in [0.4, 0.5) is 11.4 Å². The van der Waals surface area contributed by atoms with Gasteiger partial charge in [-0.25, -0.2) is 0 Å². The molecule has 0 aliphatic carbocycles. The Bertz CT molecular complexity index is 733. The lowest BCUT2D eigenvalue weighted by Crippen LogP contribution is -3.10. The molecular formula is C19H23BrN3O3+. The number of carbonyl (C=O) groups excluding carboxylic acids is 2. The number of benzene rings is 2. The minimum absolute atomic E-state index is 0.0709. The van der Waals surface area contributed by atoms with Gasteiger partial charge in [0.05, 0.1) is 7.05 Å². The summed E-state index contributed by atoms with van der Waals surface area (Å²) in [6.45, 7) is 3.04. The number of anilines is 2. The van der Waals surface area contributed by atoms with Crippen molar-refractivity contribution in [3.63, 3.8) is 0 Å². The van der Waals surface area contributed by atoms with Gasteiger partial charge in [0, 0.05) is 22.8 Å². The predicted molar refractivity (Wildman–Crippen MR) is 106 cm³/mol. The Balaban J connectivity index is 1.71. The van der Waals surface area contributed by atoms with Crippen LogP contribution in [0.3, 0.4) is 0 Å². The van der Waals surface area contributed by atoms with Crippen LogP contribution >= 0.6 is 15.9 Å². The largest absolute Gasteiger partial charge is 0.488 e. The average Bonchev–Trinajstić information content (AvgIpc) is 2.58. The first-order valence-electron chi connectivity index (χ1n) is 8.29. The zero-order valence-electron chi connectivity index (χ0n) is 14.8. The van der Waals surface area contributed by atoms with Crippen LogP contribution < -0.4 is 20.3 Å². The van der Waals surface area contributed by atoms with Crippen molar-refractivity contribution in [2.75, 3.05) is 37.4 Å². The van der Waals surface area contributed by atoms with Crippen molar-refractivity contribution in [3.8, 4) is 5.75 Å². The molecule has 0 bridgehead atoms. The zero-order valence-corrected chi connectivity index (χ0v) is 16.4. The Kier molecular flexibility index (Phi) is 7.62. The van der Waals surface area contributed by atoms with E-state index in [4.69, 9.17) is 4.74 Å². The van der Waals surface area contributed by atoms with Gasteiger partial charge in [0.2, 0.25) is 5.91 Å². The maximum atomic E-state index is 12.1. The van der Waals surface area contributed by atoms with E-state index in [1.54, 1.807) is 24.3 Å². The number of hydrogen-bond donors (Lipinski definition) is 3. The number of nitrogens with one attached hydrogen (secondary N) is 3. The van der Waals surface area contributed by atoms with Crippen LogP contribution in [0.25, 0.3) is 0 Å². The Hall–Kier alpha value is -2.38. The lowest BCUT2D eigenvalue weighted by Gasteiger charge is -2.14. The molecule has 0 aliphatic heterocycles. The third-order valence-corrected chi connectivity index (χ3v) is 4.09. The molecule has 0 spiro atoms. The third kappa shape index (κ3) is 7.25. The molecular weight excluding hydrogens is 398 g/mol. The van der Waals surface area contributed by atoms with Crippen LogP contribution in [0, 0.1) is 0 Å². The number of quaternary nitrogens is 1. The minimum atomic E-state index is -0.127. The van der Waals surface area contributed by atoms with Gasteiger partial charge in [-0.2, -0.15) is 0 Å². The molecule has 2 amide bonds. The SMILES string of the molecule is CC(=O)Nc1ccc(NC(=O)C[NH+](C)CCOc2ccc(Br)cc2)cc1. The summed E-state index contributed by atoms with van der Waals surface area (Å²) < 4.78 is 6.68. The normalized spacial score (nSPS) is 11.5. The van der Waals surface area contributed by atoms with E-state index in [2.05, 4.69) is 26.6 Å². The molecule has 1 unspecified atom stereocenters. The molecule has 0 saturated carbocycles. The smallest absolute Gasteiger partial charge is 0.279 e. The van der Waals surface area contributed by atoms with Gasteiger partial charge in [-0.3, -0.25) is 9.59 Å². The van der Waals surface area contributed by atoms with Crippen LogP contribution in [-0.2, 0) is 9.59 Å². The van der Waals surface area contributed by atoms with Gasteiger partial charge in [0.25, 0.3) is 5.91 Å². The van der Waals surface area contributed by atoms with E-state index in [1.165, 1.54) is 6.92 Å². The average molecular weight is 421 g/mol. The lowest BCUT2D eigenvalue weighted by molar-refractivity contribution is -0.871. The molecule has 0 fully saturated rings. The molecule has 1 atom stereocenters. The second-order valence-corrected chi connectivity index (χ2v) is 6.91. The fourth-order valence-corrected chi connectivity index (χ4v) is 2.55. The van der Waals surface area contributed by atoms with Crippen LogP contribution in [0.2, 0.25) is 0 Å². The number of amides is 2. The number of hydrogen-bond acceptors (Lipinski definition) is 3. The van der Waals surface area contributed by atoms with Crippen LogP contribution in [-0.4, -0.2) is 38.6 Å². The number of likely N-dealkylation sites (N-methyl/N-ethyl adjacent to an activating group) is 1. The van der Waals surface area contributed by atoms with Crippen molar-refractivity contribution in [2.24, 2.45) is 0 Å². The summed E-state index contributed by atoms with van der Waals surface area (Å²) in [6.07, 6.45) is 0. The molecule has 0 aliphatic rings. The van der Waals surface area contributed by atoms with E-state index in [0.29, 0.717) is 31.1 Å². The van der Waals surface area contributed by atoms with Gasteiger partial charge in [0.1, 0.15) is 18.9 Å². The molecule has 0 heterocycles. The third-order valence-electron chi connectivity index (χ3n) is 3.56. The van der Waals surface area contributed by atoms with Gasteiger partial charge in [-0.15, -0.1) is 0 Å². The highest BCUT2D eigenvalue weighted by Crippen LogP contribution is 2.15. The Labute approximate surface area is 161 Å². The van der Waals surface area contributed by atoms with E-state index in [0.717, 1.165) is 15.1 Å². The van der Waals surface area contributed by atoms with Crippen molar-refractivity contribution < 1.29 is 19.2 Å². The van der Waals surface area contributed by atoms with Gasteiger partial charge in [-0.1, -0.05) is 15.9 Å². The fourth-order valence-electron chi connectivity index (χ4n) is 2.28. The van der Waals surface area contributed by atoms with Crippen molar-refractivity contribution in [1.29, 1.82) is 0 Å². The van der Waals surface area contributed by atoms with Crippen molar-refractivity contribution in [3.05, 3.63) is 53.0 Å². The first-order valence-corrected chi connectivity index (χ1v) is 9.09. The number of rotatable bonds is 8. The van der Waals surface area contributed by atoms with E-state index in [1.807, 2.05) is 31.3 Å². The van der Waals surface area contributed by atoms with Crippen LogP contribution in [0.1, 0.15) is 6.92 Å². The van der Waals surface area contributed by atoms with Crippen molar-refractivity contribution >= 4 is 39.1 Å². The first-order chi connectivity index (χ1) is 12.4. The number of halogens is 1. The number of carbonyl (C=O) groups is 2. The highest BCUT2D eigenvalue weighted by molar-refractivity contribution is 9.10. The molecule has 0 radical (unpaired) electrons. The molecule has 2 rings (SSSR count). The molecule has 26 heavy (non-hydrogen) atoms. The monoisotopic (exact) mass is 420 g/mol. The van der Waals surface area contributed by atoms with Gasteiger partial charge >= 0.3 is 0 Å². The van der Waals surface area contributed by atoms with Crippen LogP contribution in [0.5, 0.6) is 5.75 Å². The molecule has 6 nitrogen and oxygen atoms in total. The highest BCUT2D eigenvalue weighted by atomic mass is 79.9. The summed E-state index contributed by atoms with van der Waals surface area (Å²) >= 11 is 3.38. The Morgan fingerprint density at radius 3 is 2.15 bits per heavy atom. The standard InChI is InChI=1S/C19H22BrN3O3/c1-14(24)21-16-5-7-17(8-6-16)22-19(25)13-23(2)11-12-26-18-9-3-15(20)4-10-18/h3-10H,11-13H2,1-2H3,(H,21,24)(H,22,25)/p+1. The Morgan fingerprint density at radius 2 is 1.58 bits per heavy atom. The number of ether oxygens (including phenoxy) is 1. The summed E-state index contributed by atoms with van der Waals surface area (Å²) in [5.74, 6) is 0.612. The van der Waals surface area contributed by atoms with E-state index >= 15 is 0 Å². The van der Waals surface area contributed by atoms with Crippen LogP contribution in [0.15, 0.2) is 53.0 Å². The minimum Gasteiger partial charge on any atom is -0.488 e. The summed E-state index contributed by atoms with van der Waals surface area (Å²) in [5, 5.41) is 5.53. The van der Waals surface area contributed by atoms with E-state index in [-0.39, 0.29) is 11.8 Å². The van der Waals surface area contributed by atoms with E-state index < -0.39 is 0 Å². The quantitative estimate of drug-likeness (QED) is 0.610. The lowest BCUT2D eigenvalue weighted by atomic mass is 10.2. The van der Waals surface area contributed by atoms with Crippen molar-refractivity contribution in [1.82, 2.24) is 0 Å². The predicted octanol–water partition coefficient (Wildman–Crippen LogP) is 1.94. The maximum absolute atomic E-state index is 12.1. The van der Waals surface area contributed by atoms with Crippen molar-refractivity contribution in [2.45, 2.75) is 6.92 Å². The Morgan fingerprint density at radius 1 is 1.00 bits per heavy atom. The maximum Gasteiger partial charge on any atom is 0.279 e. The molecule has 2 aromatic rings. The molecule has 7 heteroatoms. The highest BCUT2D eigenvalue weighted by Gasteiger charge is 2.10. The van der Waals surface area contributed by atoms with E-state index in [9.17, 15) is 9.59 Å². The topological polar surface area (TPSA) is 71.9 Å². The summed E-state index contributed by atoms with van der Waals surface area (Å²) in [7, 11) is 1.95. The van der Waals surface area contributed by atoms with Gasteiger partial charge in [0.15, 0.2) is 6.54 Å². The molecule has 0 aromatic heterocycles. The zero-order chi connectivity index (χ0) is 18.9. The molecule has 138 valence electrons. The van der Waals surface area contributed by atoms with Gasteiger partial charge in [-0.05, 0) is 48.5 Å². The summed E-state index contributed by atoms with van der Waals surface area (Å²) in [4.78, 5) is 24.2. The molecule has 3 N–H and O–H groups in total. The molecule has 0 saturated heterocycles. The summed E-state index contributed by atoms with van der Waals surface area (Å²) in [6, 6.07) is 14.7. The van der Waals surface area contributed by atoms with Gasteiger partial charge < -0.3 is 20.3 Å². The second kappa shape index (κ2) is 9.94. The molecule has 2 aromatic carbocycles. The fraction of sp³-hybridized carbons (Fsp3) is 0.263. The summed E-state index contributed by atoms with van der Waals surface area (Å²) in [5.41, 5.74) is 1.39.